The summed E-state index contributed by atoms with van der Waals surface area (Å²) < 4.78 is 6.98. The molecule has 1 N–H and O–H groups in total. The number of hydrogen-bond donors (Lipinski definition) is 1. The number of anilines is 1. The summed E-state index contributed by atoms with van der Waals surface area (Å²) in [5.41, 5.74) is 7.31. The second-order valence-electron chi connectivity index (χ2n) is 10.8. The summed E-state index contributed by atoms with van der Waals surface area (Å²) in [7, 11) is 4.69. The first-order valence-electron chi connectivity index (χ1n) is 13.2. The van der Waals surface area contributed by atoms with Gasteiger partial charge in [0.15, 0.2) is 0 Å². The summed E-state index contributed by atoms with van der Waals surface area (Å²) in [5, 5.41) is 3.11. The average molecular weight is 641 g/mol. The highest BCUT2D eigenvalue weighted by atomic mass is 127. The number of carbonyl (C=O) groups excluding carboxylic acids is 1. The van der Waals surface area contributed by atoms with Crippen molar-refractivity contribution in [2.24, 2.45) is 0 Å². The number of thioether (sulfide) groups is 1. The number of hydrogen-bond acceptors (Lipinski definition) is 3. The topological polar surface area (TPSA) is 38.3 Å². The third kappa shape index (κ3) is 7.01. The molecule has 0 saturated carbocycles. The first-order valence-corrected chi connectivity index (χ1v) is 14.4. The fourth-order valence-corrected chi connectivity index (χ4v) is 6.40. The summed E-state index contributed by atoms with van der Waals surface area (Å²) in [6, 6.07) is 23.8. The number of fused-ring (bicyclic) bond motifs is 1. The van der Waals surface area contributed by atoms with Gasteiger partial charge in [-0.1, -0.05) is 48.0 Å². The van der Waals surface area contributed by atoms with Gasteiger partial charge in [-0.15, -0.1) is 0 Å². The lowest BCUT2D eigenvalue weighted by Crippen LogP contribution is -3.00. The Morgan fingerprint density at radius 1 is 0.974 bits per heavy atom. The van der Waals surface area contributed by atoms with Crippen molar-refractivity contribution >= 4 is 29.4 Å². The number of quaternary nitrogens is 1. The number of benzene rings is 3. The average Bonchev–Trinajstić information content (AvgIpc) is 3.13. The van der Waals surface area contributed by atoms with Gasteiger partial charge in [0.2, 0.25) is 0 Å². The summed E-state index contributed by atoms with van der Waals surface area (Å²) in [5.74, 6) is 3.30. The maximum Gasteiger partial charge on any atom is 0.251 e. The van der Waals surface area contributed by atoms with Crippen LogP contribution in [0.3, 0.4) is 0 Å². The zero-order chi connectivity index (χ0) is 25.8. The van der Waals surface area contributed by atoms with Crippen LogP contribution in [0.1, 0.15) is 36.0 Å². The predicted molar refractivity (Wildman–Crippen MR) is 156 cm³/mol. The van der Waals surface area contributed by atoms with Crippen molar-refractivity contribution in [2.45, 2.75) is 38.8 Å². The van der Waals surface area contributed by atoms with Crippen LogP contribution in [0.4, 0.5) is 5.69 Å². The van der Waals surface area contributed by atoms with Crippen LogP contribution < -0.4 is 34.0 Å². The highest BCUT2D eigenvalue weighted by Crippen LogP contribution is 2.32. The summed E-state index contributed by atoms with van der Waals surface area (Å²) in [6.07, 6.45) is 5.14. The van der Waals surface area contributed by atoms with E-state index in [1.54, 1.807) is 0 Å². The zero-order valence-corrected chi connectivity index (χ0v) is 25.5. The van der Waals surface area contributed by atoms with Crippen molar-refractivity contribution in [3.8, 4) is 16.9 Å². The molecule has 1 amide bonds. The fourth-order valence-electron chi connectivity index (χ4n) is 5.32. The van der Waals surface area contributed by atoms with Crippen LogP contribution >= 0.6 is 11.8 Å². The summed E-state index contributed by atoms with van der Waals surface area (Å²) in [6.45, 7) is 3.58. The summed E-state index contributed by atoms with van der Waals surface area (Å²) >= 11 is 2.08. The Kier molecular flexibility index (Phi) is 9.60. The molecular weight excluding hydrogens is 603 g/mol. The van der Waals surface area contributed by atoms with Crippen LogP contribution in [-0.2, 0) is 11.3 Å². The minimum atomic E-state index is -0.0687. The second-order valence-corrected chi connectivity index (χ2v) is 12.0. The van der Waals surface area contributed by atoms with Crippen molar-refractivity contribution in [3.63, 3.8) is 0 Å². The third-order valence-corrected chi connectivity index (χ3v) is 8.68. The van der Waals surface area contributed by atoms with E-state index in [0.717, 1.165) is 50.8 Å². The minimum absolute atomic E-state index is 0. The van der Waals surface area contributed by atoms with Gasteiger partial charge in [0.25, 0.3) is 5.91 Å². The highest BCUT2D eigenvalue weighted by Gasteiger charge is 2.30. The standard InChI is InChI=1S/C32H36N2O2S.HI/c1-23-4-8-25(9-5-23)26-10-13-31-28(20-26)21-27(14-17-36-31)32(35)33-29-11-6-24(7-12-29)22-34(2,3)30-15-18-37-19-16-30;/h4-13,20-21,30H,14-19,22H2,1-3H3;1H. The van der Waals surface area contributed by atoms with Crippen LogP contribution in [-0.4, -0.2) is 48.6 Å². The Hall–Kier alpha value is -2.29. The molecule has 3 aromatic rings. The van der Waals surface area contributed by atoms with Gasteiger partial charge in [-0.25, -0.2) is 0 Å². The van der Waals surface area contributed by atoms with E-state index in [9.17, 15) is 4.79 Å². The first-order chi connectivity index (χ1) is 17.9. The Balaban J connectivity index is 0.00000336. The number of rotatable bonds is 6. The molecule has 1 fully saturated rings. The molecule has 0 aliphatic carbocycles. The fraction of sp³-hybridized carbons (Fsp3) is 0.344. The Labute approximate surface area is 248 Å². The molecule has 2 heterocycles. The van der Waals surface area contributed by atoms with Crippen molar-refractivity contribution in [1.29, 1.82) is 0 Å². The molecule has 5 rings (SSSR count). The van der Waals surface area contributed by atoms with Crippen molar-refractivity contribution in [3.05, 3.63) is 89.0 Å². The van der Waals surface area contributed by atoms with Crippen molar-refractivity contribution < 1.29 is 38.0 Å². The molecule has 0 bridgehead atoms. The van der Waals surface area contributed by atoms with Crippen LogP contribution in [0.25, 0.3) is 17.2 Å². The van der Waals surface area contributed by atoms with E-state index in [1.807, 2.05) is 24.3 Å². The second kappa shape index (κ2) is 12.7. The predicted octanol–water partition coefficient (Wildman–Crippen LogP) is 3.94. The Morgan fingerprint density at radius 3 is 2.37 bits per heavy atom. The molecule has 0 spiro atoms. The number of amides is 1. The molecule has 3 aromatic carbocycles. The quantitative estimate of drug-likeness (QED) is 0.328. The molecule has 0 atom stereocenters. The van der Waals surface area contributed by atoms with Crippen molar-refractivity contribution in [1.82, 2.24) is 0 Å². The van der Waals surface area contributed by atoms with E-state index in [1.165, 1.54) is 35.5 Å². The largest absolute Gasteiger partial charge is 1.00 e. The lowest BCUT2D eigenvalue weighted by Gasteiger charge is -2.40. The molecule has 2 aliphatic heterocycles. The molecule has 0 radical (unpaired) electrons. The smallest absolute Gasteiger partial charge is 0.251 e. The van der Waals surface area contributed by atoms with Gasteiger partial charge in [-0.2, -0.15) is 11.8 Å². The SMILES string of the molecule is Cc1ccc(-c2ccc3c(c2)C=C(C(=O)Nc2ccc(C[N+](C)(C)C4CCSCC4)cc2)CCO3)cc1.[I-]. The van der Waals surface area contributed by atoms with Gasteiger partial charge in [0.05, 0.1) is 26.7 Å². The van der Waals surface area contributed by atoms with Gasteiger partial charge in [0.1, 0.15) is 12.3 Å². The molecule has 200 valence electrons. The monoisotopic (exact) mass is 640 g/mol. The maximum absolute atomic E-state index is 13.2. The lowest BCUT2D eigenvalue weighted by atomic mass is 10.00. The molecule has 1 saturated heterocycles. The number of carbonyl (C=O) groups is 1. The van der Waals surface area contributed by atoms with E-state index in [4.69, 9.17) is 4.74 Å². The first kappa shape index (κ1) is 28.7. The maximum atomic E-state index is 13.2. The molecule has 0 unspecified atom stereocenters. The summed E-state index contributed by atoms with van der Waals surface area (Å²) in [4.78, 5) is 13.2. The van der Waals surface area contributed by atoms with E-state index in [2.05, 4.69) is 86.6 Å². The number of nitrogens with one attached hydrogen (secondary N) is 1. The molecule has 0 aromatic heterocycles. The molecule has 38 heavy (non-hydrogen) atoms. The molecular formula is C32H37IN2O2S. The van der Waals surface area contributed by atoms with Gasteiger partial charge < -0.3 is 38.5 Å². The van der Waals surface area contributed by atoms with E-state index in [-0.39, 0.29) is 29.9 Å². The van der Waals surface area contributed by atoms with E-state index >= 15 is 0 Å². The number of nitrogens with zero attached hydrogens (tertiary/aromatic N) is 1. The minimum Gasteiger partial charge on any atom is -1.00 e. The van der Waals surface area contributed by atoms with Gasteiger partial charge >= 0.3 is 0 Å². The van der Waals surface area contributed by atoms with Crippen LogP contribution in [0, 0.1) is 6.92 Å². The van der Waals surface area contributed by atoms with E-state index < -0.39 is 0 Å². The van der Waals surface area contributed by atoms with E-state index in [0.29, 0.717) is 13.0 Å². The normalized spacial score (nSPS) is 15.8. The van der Waals surface area contributed by atoms with Crippen LogP contribution in [0.15, 0.2) is 72.3 Å². The zero-order valence-electron chi connectivity index (χ0n) is 22.5. The number of aryl methyl sites for hydroxylation is 1. The van der Waals surface area contributed by atoms with Gasteiger partial charge in [-0.3, -0.25) is 4.79 Å². The highest BCUT2D eigenvalue weighted by molar-refractivity contribution is 7.99. The molecule has 4 nitrogen and oxygen atoms in total. The molecule has 2 aliphatic rings. The third-order valence-electron chi connectivity index (χ3n) is 7.63. The van der Waals surface area contributed by atoms with Gasteiger partial charge in [0, 0.05) is 41.6 Å². The number of ether oxygens (including phenoxy) is 1. The lowest BCUT2D eigenvalue weighted by molar-refractivity contribution is -0.928. The van der Waals surface area contributed by atoms with Gasteiger partial charge in [-0.05, 0) is 59.9 Å². The Morgan fingerprint density at radius 2 is 1.66 bits per heavy atom. The van der Waals surface area contributed by atoms with Crippen LogP contribution in [0.5, 0.6) is 5.75 Å². The molecule has 6 heteroatoms. The number of halogens is 1. The van der Waals surface area contributed by atoms with Crippen LogP contribution in [0.2, 0.25) is 0 Å². The Bertz CT molecular complexity index is 1280. The van der Waals surface area contributed by atoms with Crippen molar-refractivity contribution in [2.75, 3.05) is 37.5 Å².